The minimum absolute atomic E-state index is 0.274. The highest BCUT2D eigenvalue weighted by Gasteiger charge is 2.30. The van der Waals surface area contributed by atoms with Gasteiger partial charge in [-0.3, -0.25) is 0 Å². The summed E-state index contributed by atoms with van der Waals surface area (Å²) in [6.07, 6.45) is 6.51. The van der Waals surface area contributed by atoms with Crippen LogP contribution >= 0.6 is 0 Å². The Labute approximate surface area is 148 Å². The number of aromatic nitrogens is 1. The Kier molecular flexibility index (Phi) is 4.43. The number of piperidine rings is 1. The van der Waals surface area contributed by atoms with Gasteiger partial charge in [-0.2, -0.15) is 4.31 Å². The average Bonchev–Trinajstić information content (AvgIpc) is 3.07. The Morgan fingerprint density at radius 1 is 0.960 bits per heavy atom. The molecule has 0 amide bonds. The molecule has 0 atom stereocenters. The van der Waals surface area contributed by atoms with Crippen LogP contribution in [0.3, 0.4) is 0 Å². The summed E-state index contributed by atoms with van der Waals surface area (Å²) in [7, 11) is -3.51. The standard InChI is InChI=1S/C18H22N2O4S/c21-25(22,16-4-5-17-18(14-16)24-13-3-12-23-17)20-10-6-15(7-11-20)19-8-1-2-9-19/h1-2,4-5,8-9,14-15H,3,6-7,10-13H2. The van der Waals surface area contributed by atoms with Gasteiger partial charge in [0.15, 0.2) is 11.5 Å². The Morgan fingerprint density at radius 2 is 1.64 bits per heavy atom. The maximum absolute atomic E-state index is 13.0. The molecule has 1 aromatic carbocycles. The fraction of sp³-hybridized carbons (Fsp3) is 0.444. The number of hydrogen-bond donors (Lipinski definition) is 0. The molecule has 3 heterocycles. The largest absolute Gasteiger partial charge is 0.490 e. The second-order valence-corrected chi connectivity index (χ2v) is 8.36. The molecule has 0 saturated carbocycles. The van der Waals surface area contributed by atoms with Crippen molar-refractivity contribution in [2.24, 2.45) is 0 Å². The van der Waals surface area contributed by atoms with Gasteiger partial charge in [-0.25, -0.2) is 8.42 Å². The summed E-state index contributed by atoms with van der Waals surface area (Å²) >= 11 is 0. The minimum atomic E-state index is -3.51. The first-order valence-corrected chi connectivity index (χ1v) is 10.1. The van der Waals surface area contributed by atoms with E-state index in [0.717, 1.165) is 19.3 Å². The van der Waals surface area contributed by atoms with E-state index in [1.807, 2.05) is 24.5 Å². The summed E-state index contributed by atoms with van der Waals surface area (Å²) < 4.78 is 40.9. The van der Waals surface area contributed by atoms with Crippen molar-refractivity contribution < 1.29 is 17.9 Å². The van der Waals surface area contributed by atoms with Gasteiger partial charge in [0, 0.05) is 44.0 Å². The molecule has 134 valence electrons. The van der Waals surface area contributed by atoms with Crippen LogP contribution in [0.5, 0.6) is 11.5 Å². The molecule has 1 saturated heterocycles. The molecule has 0 N–H and O–H groups in total. The number of hydrogen-bond acceptors (Lipinski definition) is 4. The number of fused-ring (bicyclic) bond motifs is 1. The molecule has 2 aliphatic heterocycles. The third-order valence-electron chi connectivity index (χ3n) is 4.83. The molecule has 0 aliphatic carbocycles. The van der Waals surface area contributed by atoms with Crippen LogP contribution < -0.4 is 9.47 Å². The predicted octanol–water partition coefficient (Wildman–Crippen LogP) is 2.68. The van der Waals surface area contributed by atoms with Crippen LogP contribution in [0, 0.1) is 0 Å². The molecule has 1 fully saturated rings. The van der Waals surface area contributed by atoms with Gasteiger partial charge in [0.25, 0.3) is 0 Å². The van der Waals surface area contributed by atoms with Crippen molar-refractivity contribution in [1.82, 2.24) is 8.87 Å². The normalized spacial score (nSPS) is 19.5. The van der Waals surface area contributed by atoms with Gasteiger partial charge in [0.1, 0.15) is 0 Å². The van der Waals surface area contributed by atoms with Crippen LogP contribution in [0.15, 0.2) is 47.6 Å². The first kappa shape index (κ1) is 16.5. The predicted molar refractivity (Wildman–Crippen MR) is 93.5 cm³/mol. The van der Waals surface area contributed by atoms with Crippen molar-refractivity contribution >= 4 is 10.0 Å². The zero-order chi connectivity index (χ0) is 17.3. The molecule has 0 spiro atoms. The highest BCUT2D eigenvalue weighted by atomic mass is 32.2. The summed E-state index contributed by atoms with van der Waals surface area (Å²) in [6.45, 7) is 2.18. The molecule has 4 rings (SSSR count). The molecule has 2 aliphatic rings. The molecule has 6 nitrogen and oxygen atoms in total. The molecule has 25 heavy (non-hydrogen) atoms. The molecular weight excluding hydrogens is 340 g/mol. The Balaban J connectivity index is 1.51. The highest BCUT2D eigenvalue weighted by Crippen LogP contribution is 2.34. The van der Waals surface area contributed by atoms with Gasteiger partial charge in [0.05, 0.1) is 18.1 Å². The van der Waals surface area contributed by atoms with E-state index >= 15 is 0 Å². The van der Waals surface area contributed by atoms with Gasteiger partial charge in [-0.05, 0) is 37.1 Å². The topological polar surface area (TPSA) is 60.8 Å². The Bertz CT molecular complexity index is 825. The fourth-order valence-electron chi connectivity index (χ4n) is 3.43. The van der Waals surface area contributed by atoms with Crippen LogP contribution in [0.2, 0.25) is 0 Å². The summed E-state index contributed by atoms with van der Waals surface area (Å²) in [5.41, 5.74) is 0. The second kappa shape index (κ2) is 6.72. The first-order valence-electron chi connectivity index (χ1n) is 8.67. The molecule has 2 aromatic rings. The number of sulfonamides is 1. The van der Waals surface area contributed by atoms with Crippen LogP contribution in [0.25, 0.3) is 0 Å². The third-order valence-corrected chi connectivity index (χ3v) is 6.72. The smallest absolute Gasteiger partial charge is 0.243 e. The van der Waals surface area contributed by atoms with Crippen molar-refractivity contribution in [3.63, 3.8) is 0 Å². The van der Waals surface area contributed by atoms with Gasteiger partial charge in [-0.15, -0.1) is 0 Å². The van der Waals surface area contributed by atoms with E-state index in [1.54, 1.807) is 22.5 Å². The summed E-state index contributed by atoms with van der Waals surface area (Å²) in [4.78, 5) is 0.274. The zero-order valence-electron chi connectivity index (χ0n) is 14.0. The van der Waals surface area contributed by atoms with Gasteiger partial charge < -0.3 is 14.0 Å². The lowest BCUT2D eigenvalue weighted by Gasteiger charge is -2.32. The van der Waals surface area contributed by atoms with E-state index < -0.39 is 10.0 Å². The van der Waals surface area contributed by atoms with Gasteiger partial charge in [0.2, 0.25) is 10.0 Å². The zero-order valence-corrected chi connectivity index (χ0v) is 14.8. The molecule has 0 radical (unpaired) electrons. The highest BCUT2D eigenvalue weighted by molar-refractivity contribution is 7.89. The van der Waals surface area contributed by atoms with E-state index in [2.05, 4.69) is 4.57 Å². The van der Waals surface area contributed by atoms with Crippen LogP contribution in [-0.4, -0.2) is 43.6 Å². The summed E-state index contributed by atoms with van der Waals surface area (Å²) in [5.74, 6) is 1.13. The number of benzene rings is 1. The fourth-order valence-corrected chi connectivity index (χ4v) is 4.91. The van der Waals surface area contributed by atoms with Gasteiger partial charge in [-0.1, -0.05) is 0 Å². The van der Waals surface area contributed by atoms with E-state index in [-0.39, 0.29) is 4.90 Å². The van der Waals surface area contributed by atoms with Crippen molar-refractivity contribution in [3.8, 4) is 11.5 Å². The van der Waals surface area contributed by atoms with E-state index in [1.165, 1.54) is 0 Å². The quantitative estimate of drug-likeness (QED) is 0.842. The number of rotatable bonds is 3. The van der Waals surface area contributed by atoms with E-state index in [9.17, 15) is 8.42 Å². The van der Waals surface area contributed by atoms with E-state index in [0.29, 0.717) is 43.8 Å². The number of nitrogens with zero attached hydrogens (tertiary/aromatic N) is 2. The van der Waals surface area contributed by atoms with Crippen LogP contribution in [0.1, 0.15) is 25.3 Å². The minimum Gasteiger partial charge on any atom is -0.490 e. The van der Waals surface area contributed by atoms with Crippen LogP contribution in [0.4, 0.5) is 0 Å². The third kappa shape index (κ3) is 3.26. The molecule has 0 bridgehead atoms. The maximum atomic E-state index is 13.0. The van der Waals surface area contributed by atoms with Crippen molar-refractivity contribution in [2.75, 3.05) is 26.3 Å². The lowest BCUT2D eigenvalue weighted by Crippen LogP contribution is -2.38. The molecular formula is C18H22N2O4S. The summed E-state index contributed by atoms with van der Waals surface area (Å²) in [5, 5.41) is 0. The maximum Gasteiger partial charge on any atom is 0.243 e. The van der Waals surface area contributed by atoms with Crippen molar-refractivity contribution in [2.45, 2.75) is 30.2 Å². The molecule has 7 heteroatoms. The van der Waals surface area contributed by atoms with Gasteiger partial charge >= 0.3 is 0 Å². The summed E-state index contributed by atoms with van der Waals surface area (Å²) in [6, 6.07) is 9.27. The average molecular weight is 362 g/mol. The van der Waals surface area contributed by atoms with Crippen molar-refractivity contribution in [3.05, 3.63) is 42.7 Å². The second-order valence-electron chi connectivity index (χ2n) is 6.42. The SMILES string of the molecule is O=S(=O)(c1ccc2c(c1)OCCCO2)N1CCC(n2cccc2)CC1. The van der Waals surface area contributed by atoms with Crippen molar-refractivity contribution in [1.29, 1.82) is 0 Å². The molecule has 0 unspecified atom stereocenters. The first-order chi connectivity index (χ1) is 12.1. The lowest BCUT2D eigenvalue weighted by atomic mass is 10.1. The Hall–Kier alpha value is -1.99. The lowest BCUT2D eigenvalue weighted by molar-refractivity contribution is 0.274. The number of ether oxygens (including phenoxy) is 2. The Morgan fingerprint density at radius 3 is 2.36 bits per heavy atom. The van der Waals surface area contributed by atoms with E-state index in [4.69, 9.17) is 9.47 Å². The monoisotopic (exact) mass is 362 g/mol. The molecule has 1 aromatic heterocycles. The van der Waals surface area contributed by atoms with Crippen LogP contribution in [-0.2, 0) is 10.0 Å².